The van der Waals surface area contributed by atoms with E-state index >= 15 is 0 Å². The minimum absolute atomic E-state index is 0.0368. The average Bonchev–Trinajstić information content (AvgIpc) is 3.20. The highest BCUT2D eigenvalue weighted by Crippen LogP contribution is 2.11. The van der Waals surface area contributed by atoms with Gasteiger partial charge in [-0.2, -0.15) is 0 Å². The normalized spacial score (nSPS) is 13.3. The molecule has 5 nitrogen and oxygen atoms in total. The minimum Gasteiger partial charge on any atom is -0.462 e. The van der Waals surface area contributed by atoms with E-state index in [0.717, 1.165) is 116 Å². The number of hydrogen-bond acceptors (Lipinski definition) is 5. The molecule has 1 atom stereocenters. The quantitative estimate of drug-likeness (QED) is 0.0354. The van der Waals surface area contributed by atoms with Gasteiger partial charge in [0.25, 0.3) is 0 Å². The van der Waals surface area contributed by atoms with Crippen molar-refractivity contribution in [1.82, 2.24) is 0 Å². The molecule has 0 heterocycles. The lowest BCUT2D eigenvalue weighted by molar-refractivity contribution is -0.163. The van der Waals surface area contributed by atoms with Crippen LogP contribution in [0.1, 0.15) is 175 Å². The number of carbonyl (C=O) groups excluding carboxylic acids is 2. The predicted octanol–water partition coefficient (Wildman–Crippen LogP) is 14.9. The monoisotopic (exact) mass is 775 g/mol. The Bertz CT molecular complexity index is 1150. The summed E-state index contributed by atoms with van der Waals surface area (Å²) in [5.74, 6) is -0.499. The van der Waals surface area contributed by atoms with E-state index in [1.807, 2.05) is 0 Å². The highest BCUT2D eigenvalue weighted by molar-refractivity contribution is 5.70. The Hall–Kier alpha value is -3.44. The van der Waals surface area contributed by atoms with Gasteiger partial charge in [-0.1, -0.05) is 175 Å². The van der Waals surface area contributed by atoms with Crippen LogP contribution in [0.15, 0.2) is 109 Å². The zero-order chi connectivity index (χ0) is 40.7. The van der Waals surface area contributed by atoms with Crippen molar-refractivity contribution in [3.05, 3.63) is 109 Å². The Labute approximate surface area is 344 Å². The van der Waals surface area contributed by atoms with Gasteiger partial charge in [0.15, 0.2) is 6.10 Å². The molecule has 316 valence electrons. The maximum atomic E-state index is 12.6. The summed E-state index contributed by atoms with van der Waals surface area (Å²) >= 11 is 0. The first-order valence-corrected chi connectivity index (χ1v) is 22.4. The Balaban J connectivity index is 4.34. The molecule has 1 unspecified atom stereocenters. The van der Waals surface area contributed by atoms with Crippen LogP contribution in [0.2, 0.25) is 0 Å². The molecule has 0 aliphatic carbocycles. The van der Waals surface area contributed by atoms with Gasteiger partial charge in [-0.05, 0) is 96.3 Å². The smallest absolute Gasteiger partial charge is 0.306 e. The van der Waals surface area contributed by atoms with Crippen LogP contribution in [0.25, 0.3) is 0 Å². The van der Waals surface area contributed by atoms with Gasteiger partial charge in [0.2, 0.25) is 0 Å². The van der Waals surface area contributed by atoms with Crippen LogP contribution in [-0.4, -0.2) is 37.9 Å². The van der Waals surface area contributed by atoms with Gasteiger partial charge in [0, 0.05) is 19.4 Å². The van der Waals surface area contributed by atoms with Gasteiger partial charge in [-0.3, -0.25) is 9.59 Å². The minimum atomic E-state index is -0.577. The second-order valence-electron chi connectivity index (χ2n) is 14.2. The fraction of sp³-hybridized carbons (Fsp3) is 0.608. The van der Waals surface area contributed by atoms with E-state index in [9.17, 15) is 9.59 Å². The van der Waals surface area contributed by atoms with Crippen LogP contribution in [0.3, 0.4) is 0 Å². The fourth-order valence-corrected chi connectivity index (χ4v) is 5.53. The Kier molecular flexibility index (Phi) is 43.1. The fourth-order valence-electron chi connectivity index (χ4n) is 5.53. The summed E-state index contributed by atoms with van der Waals surface area (Å²) in [5.41, 5.74) is 0. The number of hydrogen-bond donors (Lipinski definition) is 0. The Morgan fingerprint density at radius 3 is 1.32 bits per heavy atom. The molecule has 0 N–H and O–H groups in total. The van der Waals surface area contributed by atoms with Crippen molar-refractivity contribution < 1.29 is 23.8 Å². The number of esters is 2. The molecular formula is C51H82O5. The van der Waals surface area contributed by atoms with Crippen LogP contribution in [-0.2, 0) is 23.8 Å². The van der Waals surface area contributed by atoms with Crippen molar-refractivity contribution >= 4 is 11.9 Å². The molecule has 0 spiro atoms. The van der Waals surface area contributed by atoms with Crippen molar-refractivity contribution in [2.75, 3.05) is 19.8 Å². The van der Waals surface area contributed by atoms with E-state index in [1.165, 1.54) is 25.7 Å². The summed E-state index contributed by atoms with van der Waals surface area (Å²) < 4.78 is 17.2. The lowest BCUT2D eigenvalue weighted by Crippen LogP contribution is -2.30. The van der Waals surface area contributed by atoms with E-state index in [0.29, 0.717) is 19.4 Å². The molecule has 0 fully saturated rings. The lowest BCUT2D eigenvalue weighted by Gasteiger charge is -2.18. The molecule has 0 saturated carbocycles. The van der Waals surface area contributed by atoms with Gasteiger partial charge in [-0.15, -0.1) is 0 Å². The van der Waals surface area contributed by atoms with Crippen molar-refractivity contribution in [2.45, 2.75) is 181 Å². The second kappa shape index (κ2) is 45.9. The van der Waals surface area contributed by atoms with Crippen LogP contribution in [0.4, 0.5) is 0 Å². The third-order valence-corrected chi connectivity index (χ3v) is 8.80. The molecule has 0 aromatic rings. The number of unbranched alkanes of at least 4 members (excludes halogenated alkanes) is 10. The zero-order valence-corrected chi connectivity index (χ0v) is 36.1. The second-order valence-corrected chi connectivity index (χ2v) is 14.2. The maximum absolute atomic E-state index is 12.6. The molecule has 0 rings (SSSR count). The molecule has 0 aliphatic heterocycles. The molecule has 0 aliphatic rings. The molecule has 56 heavy (non-hydrogen) atoms. The first-order valence-electron chi connectivity index (χ1n) is 22.4. The third kappa shape index (κ3) is 43.3. The summed E-state index contributed by atoms with van der Waals surface area (Å²) in [5, 5.41) is 0. The van der Waals surface area contributed by atoms with Gasteiger partial charge < -0.3 is 14.2 Å². The van der Waals surface area contributed by atoms with E-state index in [2.05, 4.69) is 130 Å². The van der Waals surface area contributed by atoms with Crippen LogP contribution < -0.4 is 0 Å². The molecule has 0 amide bonds. The third-order valence-electron chi connectivity index (χ3n) is 8.80. The lowest BCUT2D eigenvalue weighted by atomic mass is 10.1. The number of allylic oxidation sites excluding steroid dienone is 18. The van der Waals surface area contributed by atoms with Crippen molar-refractivity contribution in [1.29, 1.82) is 0 Å². The summed E-state index contributed by atoms with van der Waals surface area (Å²) in [4.78, 5) is 25.1. The van der Waals surface area contributed by atoms with E-state index < -0.39 is 6.10 Å². The summed E-state index contributed by atoms with van der Waals surface area (Å²) in [6.07, 6.45) is 62.5. The maximum Gasteiger partial charge on any atom is 0.306 e. The van der Waals surface area contributed by atoms with Gasteiger partial charge in [0.1, 0.15) is 6.61 Å². The van der Waals surface area contributed by atoms with Gasteiger partial charge in [0.05, 0.1) is 6.61 Å². The first kappa shape index (κ1) is 52.6. The average molecular weight is 775 g/mol. The van der Waals surface area contributed by atoms with Crippen LogP contribution in [0.5, 0.6) is 0 Å². The van der Waals surface area contributed by atoms with E-state index in [4.69, 9.17) is 14.2 Å². The first-order chi connectivity index (χ1) is 27.6. The number of rotatable bonds is 39. The van der Waals surface area contributed by atoms with Gasteiger partial charge >= 0.3 is 11.9 Å². The zero-order valence-electron chi connectivity index (χ0n) is 36.1. The van der Waals surface area contributed by atoms with E-state index in [1.54, 1.807) is 0 Å². The van der Waals surface area contributed by atoms with Gasteiger partial charge in [-0.25, -0.2) is 0 Å². The van der Waals surface area contributed by atoms with Crippen molar-refractivity contribution in [3.8, 4) is 0 Å². The van der Waals surface area contributed by atoms with Crippen molar-refractivity contribution in [3.63, 3.8) is 0 Å². The largest absolute Gasteiger partial charge is 0.462 e. The predicted molar refractivity (Wildman–Crippen MR) is 242 cm³/mol. The summed E-state index contributed by atoms with van der Waals surface area (Å²) in [7, 11) is 0. The molecule has 0 aromatic heterocycles. The molecule has 0 radical (unpaired) electrons. The molecule has 0 bridgehead atoms. The topological polar surface area (TPSA) is 61.8 Å². The Morgan fingerprint density at radius 1 is 0.411 bits per heavy atom. The number of ether oxygens (including phenoxy) is 3. The standard InChI is InChI=1S/C51H82O5/c1-4-7-10-13-16-18-20-22-24-26-27-29-31-33-36-38-41-44-50(52)55-48-49(56-51(53)45-42-39-35-15-12-9-6-3)47-54-46-43-40-37-34-32-30-28-25-23-21-19-17-14-11-8-5-2/h7-8,10-11,16-19,22-25,27,29-30,32-33,36,49H,4-6,9,12-15,20-21,26,28,31,34-35,37-48H2,1-3H3/b10-7-,11-8-,18-16-,19-17-,24-22-,25-23-,29-27-,32-30-,36-33-. The molecule has 0 saturated heterocycles. The SMILES string of the molecule is CC/C=C\C/C=C\C/C=C\C/C=C\C/C=C\CCCC(=O)OCC(COCCCCC/C=C\C/C=C\C/C=C\C/C=C\CC)OC(=O)CCCCCCCCC. The summed E-state index contributed by atoms with van der Waals surface area (Å²) in [6, 6.07) is 0. The highest BCUT2D eigenvalue weighted by Gasteiger charge is 2.17. The molecule has 5 heteroatoms. The van der Waals surface area contributed by atoms with Crippen molar-refractivity contribution in [2.24, 2.45) is 0 Å². The van der Waals surface area contributed by atoms with Crippen LogP contribution >= 0.6 is 0 Å². The Morgan fingerprint density at radius 2 is 0.821 bits per heavy atom. The van der Waals surface area contributed by atoms with E-state index in [-0.39, 0.29) is 25.2 Å². The molecular weight excluding hydrogens is 693 g/mol. The van der Waals surface area contributed by atoms with Crippen LogP contribution in [0, 0.1) is 0 Å². The molecule has 0 aromatic carbocycles. The highest BCUT2D eigenvalue weighted by atomic mass is 16.6. The number of carbonyl (C=O) groups is 2. The summed E-state index contributed by atoms with van der Waals surface area (Å²) in [6.45, 7) is 7.40.